The largest absolute Gasteiger partial charge is 0.490 e. The summed E-state index contributed by atoms with van der Waals surface area (Å²) in [5, 5.41) is 0. The fraction of sp³-hybridized carbons (Fsp3) is 0.391. The summed E-state index contributed by atoms with van der Waals surface area (Å²) in [6, 6.07) is 9.27. The summed E-state index contributed by atoms with van der Waals surface area (Å²) in [5.41, 5.74) is 1.46. The number of ether oxygens (including phenoxy) is 2. The van der Waals surface area contributed by atoms with E-state index in [0.717, 1.165) is 30.9 Å². The Labute approximate surface area is 167 Å². The Hall–Kier alpha value is -2.66. The first-order valence-electron chi connectivity index (χ1n) is 10.0. The van der Waals surface area contributed by atoms with Gasteiger partial charge in [0.05, 0.1) is 6.61 Å². The first-order chi connectivity index (χ1) is 13.8. The second kappa shape index (κ2) is 10.6. The highest BCUT2D eigenvalue weighted by atomic mass is 16.5. The molecule has 148 valence electrons. The number of allylic oxidation sites excluding steroid dienone is 1. The second-order valence-electron chi connectivity index (χ2n) is 6.83. The fourth-order valence-corrected chi connectivity index (χ4v) is 3.26. The van der Waals surface area contributed by atoms with Crippen molar-refractivity contribution in [3.8, 4) is 11.5 Å². The standard InChI is InChI=1S/C23H28N2O3/c1-2-27-23-17-19(8-10-21(26)20-7-6-12-24-18-20)9-11-22(23)28-16-15-25-13-4-3-5-14-25/h6-12,17-18H,2-5,13-16H2,1H3/b10-8+. The zero-order chi connectivity index (χ0) is 19.6. The van der Waals surface area contributed by atoms with Crippen molar-refractivity contribution in [2.75, 3.05) is 32.8 Å². The van der Waals surface area contributed by atoms with Crippen LogP contribution < -0.4 is 9.47 Å². The topological polar surface area (TPSA) is 51.7 Å². The molecule has 1 aliphatic rings. The van der Waals surface area contributed by atoms with Crippen LogP contribution in [0.25, 0.3) is 6.08 Å². The van der Waals surface area contributed by atoms with Gasteiger partial charge in [0, 0.05) is 24.5 Å². The third-order valence-corrected chi connectivity index (χ3v) is 4.75. The molecule has 28 heavy (non-hydrogen) atoms. The molecule has 2 aromatic rings. The zero-order valence-electron chi connectivity index (χ0n) is 16.5. The van der Waals surface area contributed by atoms with E-state index >= 15 is 0 Å². The van der Waals surface area contributed by atoms with Crippen LogP contribution in [0.4, 0.5) is 0 Å². The fourth-order valence-electron chi connectivity index (χ4n) is 3.26. The van der Waals surface area contributed by atoms with Crippen molar-refractivity contribution >= 4 is 11.9 Å². The van der Waals surface area contributed by atoms with E-state index in [9.17, 15) is 4.79 Å². The molecule has 1 aromatic carbocycles. The highest BCUT2D eigenvalue weighted by Crippen LogP contribution is 2.29. The summed E-state index contributed by atoms with van der Waals surface area (Å²) in [4.78, 5) is 18.6. The number of piperidine rings is 1. The molecular weight excluding hydrogens is 352 g/mol. The molecule has 5 nitrogen and oxygen atoms in total. The monoisotopic (exact) mass is 380 g/mol. The molecule has 1 aliphatic heterocycles. The minimum Gasteiger partial charge on any atom is -0.490 e. The molecule has 0 bridgehead atoms. The molecule has 0 unspecified atom stereocenters. The van der Waals surface area contributed by atoms with Gasteiger partial charge in [-0.3, -0.25) is 14.7 Å². The van der Waals surface area contributed by atoms with E-state index in [4.69, 9.17) is 9.47 Å². The number of carbonyl (C=O) groups is 1. The van der Waals surface area contributed by atoms with Crippen LogP contribution in [0.3, 0.4) is 0 Å². The number of likely N-dealkylation sites (tertiary alicyclic amines) is 1. The molecule has 1 saturated heterocycles. The van der Waals surface area contributed by atoms with Crippen LogP contribution in [0.2, 0.25) is 0 Å². The lowest BCUT2D eigenvalue weighted by Crippen LogP contribution is -2.33. The van der Waals surface area contributed by atoms with Crippen LogP contribution >= 0.6 is 0 Å². The quantitative estimate of drug-likeness (QED) is 0.481. The van der Waals surface area contributed by atoms with Crippen molar-refractivity contribution in [2.24, 2.45) is 0 Å². The third kappa shape index (κ3) is 5.92. The lowest BCUT2D eigenvalue weighted by atomic mass is 10.1. The molecule has 0 atom stereocenters. The Balaban J connectivity index is 1.61. The molecule has 3 rings (SSSR count). The Morgan fingerprint density at radius 1 is 1.14 bits per heavy atom. The van der Waals surface area contributed by atoms with Crippen molar-refractivity contribution in [2.45, 2.75) is 26.2 Å². The summed E-state index contributed by atoms with van der Waals surface area (Å²) in [5.74, 6) is 1.37. The summed E-state index contributed by atoms with van der Waals surface area (Å²) in [6.45, 7) is 6.42. The molecule has 0 aliphatic carbocycles. The number of benzene rings is 1. The normalized spacial score (nSPS) is 14.9. The SMILES string of the molecule is CCOc1cc(/C=C/C(=O)c2cccnc2)ccc1OCCN1CCCCC1. The van der Waals surface area contributed by atoms with E-state index < -0.39 is 0 Å². The van der Waals surface area contributed by atoms with E-state index in [0.29, 0.717) is 24.5 Å². The average molecular weight is 380 g/mol. The van der Waals surface area contributed by atoms with E-state index in [1.54, 1.807) is 36.7 Å². The van der Waals surface area contributed by atoms with E-state index in [-0.39, 0.29) is 5.78 Å². The molecule has 0 amide bonds. The molecule has 0 spiro atoms. The number of aromatic nitrogens is 1. The van der Waals surface area contributed by atoms with Crippen LogP contribution in [-0.2, 0) is 0 Å². The van der Waals surface area contributed by atoms with Crippen molar-refractivity contribution in [3.63, 3.8) is 0 Å². The van der Waals surface area contributed by atoms with E-state index in [1.165, 1.54) is 19.3 Å². The van der Waals surface area contributed by atoms with Gasteiger partial charge in [-0.05, 0) is 68.8 Å². The Bertz CT molecular complexity index is 784. The van der Waals surface area contributed by atoms with Crippen LogP contribution in [-0.4, -0.2) is 48.5 Å². The van der Waals surface area contributed by atoms with E-state index in [1.807, 2.05) is 25.1 Å². The van der Waals surface area contributed by atoms with Gasteiger partial charge in [-0.15, -0.1) is 0 Å². The maximum Gasteiger partial charge on any atom is 0.187 e. The highest BCUT2D eigenvalue weighted by molar-refractivity contribution is 6.06. The van der Waals surface area contributed by atoms with Crippen LogP contribution in [0.15, 0.2) is 48.8 Å². The van der Waals surface area contributed by atoms with Gasteiger partial charge in [0.2, 0.25) is 0 Å². The molecule has 0 saturated carbocycles. The van der Waals surface area contributed by atoms with Gasteiger partial charge in [0.1, 0.15) is 6.61 Å². The lowest BCUT2D eigenvalue weighted by molar-refractivity contribution is 0.104. The van der Waals surface area contributed by atoms with Crippen LogP contribution in [0.5, 0.6) is 11.5 Å². The number of ketones is 1. The second-order valence-corrected chi connectivity index (χ2v) is 6.83. The zero-order valence-corrected chi connectivity index (χ0v) is 16.5. The smallest absolute Gasteiger partial charge is 0.187 e. The van der Waals surface area contributed by atoms with Gasteiger partial charge in [-0.2, -0.15) is 0 Å². The Kier molecular flexibility index (Phi) is 7.62. The molecule has 1 fully saturated rings. The number of carbonyl (C=O) groups excluding carboxylic acids is 1. The summed E-state index contributed by atoms with van der Waals surface area (Å²) >= 11 is 0. The number of hydrogen-bond donors (Lipinski definition) is 0. The number of pyridine rings is 1. The predicted molar refractivity (Wildman–Crippen MR) is 111 cm³/mol. The first kappa shape index (κ1) is 20.1. The van der Waals surface area contributed by atoms with Gasteiger partial charge >= 0.3 is 0 Å². The molecule has 5 heteroatoms. The maximum atomic E-state index is 12.2. The maximum absolute atomic E-state index is 12.2. The Morgan fingerprint density at radius 3 is 2.75 bits per heavy atom. The van der Waals surface area contributed by atoms with Crippen LogP contribution in [0.1, 0.15) is 42.1 Å². The van der Waals surface area contributed by atoms with Crippen LogP contribution in [0, 0.1) is 0 Å². The molecule has 0 N–H and O–H groups in total. The van der Waals surface area contributed by atoms with Gasteiger partial charge in [-0.1, -0.05) is 18.6 Å². The third-order valence-electron chi connectivity index (χ3n) is 4.75. The highest BCUT2D eigenvalue weighted by Gasteiger charge is 2.11. The van der Waals surface area contributed by atoms with Crippen molar-refractivity contribution < 1.29 is 14.3 Å². The molecule has 2 heterocycles. The molecule has 1 aromatic heterocycles. The molecule has 0 radical (unpaired) electrons. The lowest BCUT2D eigenvalue weighted by Gasteiger charge is -2.26. The van der Waals surface area contributed by atoms with E-state index in [2.05, 4.69) is 9.88 Å². The van der Waals surface area contributed by atoms with Gasteiger partial charge in [0.15, 0.2) is 17.3 Å². The van der Waals surface area contributed by atoms with Gasteiger partial charge < -0.3 is 9.47 Å². The van der Waals surface area contributed by atoms with Crippen molar-refractivity contribution in [1.29, 1.82) is 0 Å². The predicted octanol–water partition coefficient (Wildman–Crippen LogP) is 4.24. The van der Waals surface area contributed by atoms with Crippen molar-refractivity contribution in [1.82, 2.24) is 9.88 Å². The summed E-state index contributed by atoms with van der Waals surface area (Å²) in [7, 11) is 0. The minimum absolute atomic E-state index is 0.0760. The Morgan fingerprint density at radius 2 is 2.00 bits per heavy atom. The number of rotatable bonds is 9. The molecular formula is C23H28N2O3. The van der Waals surface area contributed by atoms with Gasteiger partial charge in [0.25, 0.3) is 0 Å². The minimum atomic E-state index is -0.0760. The van der Waals surface area contributed by atoms with Gasteiger partial charge in [-0.25, -0.2) is 0 Å². The van der Waals surface area contributed by atoms with Crippen molar-refractivity contribution in [3.05, 3.63) is 59.9 Å². The summed E-state index contributed by atoms with van der Waals surface area (Å²) in [6.07, 6.45) is 10.5. The number of hydrogen-bond acceptors (Lipinski definition) is 5. The average Bonchev–Trinajstić information content (AvgIpc) is 2.75. The number of nitrogens with zero attached hydrogens (tertiary/aromatic N) is 2. The first-order valence-corrected chi connectivity index (χ1v) is 10.0. The summed E-state index contributed by atoms with van der Waals surface area (Å²) < 4.78 is 11.7.